The molecule has 0 amide bonds. The largest absolute Gasteiger partial charge is 0.476 e. The van der Waals surface area contributed by atoms with Gasteiger partial charge in [-0.25, -0.2) is 4.98 Å². The first-order chi connectivity index (χ1) is 8.33. The van der Waals surface area contributed by atoms with Crippen LogP contribution >= 0.6 is 0 Å². The Morgan fingerprint density at radius 3 is 3.00 bits per heavy atom. The van der Waals surface area contributed by atoms with Crippen LogP contribution < -0.4 is 10.1 Å². The molecule has 0 spiro atoms. The summed E-state index contributed by atoms with van der Waals surface area (Å²) < 4.78 is 5.53. The monoisotopic (exact) mass is 234 g/mol. The van der Waals surface area contributed by atoms with Gasteiger partial charge in [0, 0.05) is 12.2 Å². The second kappa shape index (κ2) is 5.89. The van der Waals surface area contributed by atoms with Crippen LogP contribution in [0.4, 0.5) is 5.69 Å². The second-order valence-electron chi connectivity index (χ2n) is 4.72. The van der Waals surface area contributed by atoms with Gasteiger partial charge in [-0.3, -0.25) is 0 Å². The summed E-state index contributed by atoms with van der Waals surface area (Å²) in [5.41, 5.74) is 1.04. The van der Waals surface area contributed by atoms with Gasteiger partial charge in [0.05, 0.1) is 12.3 Å². The van der Waals surface area contributed by atoms with Gasteiger partial charge in [-0.1, -0.05) is 13.3 Å². The van der Waals surface area contributed by atoms with Crippen molar-refractivity contribution in [2.24, 2.45) is 5.92 Å². The van der Waals surface area contributed by atoms with Crippen molar-refractivity contribution in [3.8, 4) is 5.88 Å². The van der Waals surface area contributed by atoms with E-state index >= 15 is 0 Å². The predicted octanol–water partition coefficient (Wildman–Crippen LogP) is 3.47. The zero-order valence-electron chi connectivity index (χ0n) is 10.8. The van der Waals surface area contributed by atoms with Gasteiger partial charge in [0.25, 0.3) is 0 Å². The first-order valence-electron chi connectivity index (χ1n) is 6.67. The number of hydrogen-bond acceptors (Lipinski definition) is 3. The van der Waals surface area contributed by atoms with Crippen LogP contribution in [-0.2, 0) is 0 Å². The third kappa shape index (κ3) is 3.11. The van der Waals surface area contributed by atoms with Crippen molar-refractivity contribution in [3.63, 3.8) is 0 Å². The van der Waals surface area contributed by atoms with Crippen molar-refractivity contribution in [3.05, 3.63) is 18.3 Å². The first-order valence-corrected chi connectivity index (χ1v) is 6.67. The van der Waals surface area contributed by atoms with E-state index < -0.39 is 0 Å². The van der Waals surface area contributed by atoms with Gasteiger partial charge < -0.3 is 10.1 Å². The molecule has 3 heteroatoms. The maximum absolute atomic E-state index is 5.53. The molecule has 0 bridgehead atoms. The fourth-order valence-corrected chi connectivity index (χ4v) is 2.55. The topological polar surface area (TPSA) is 34.1 Å². The molecule has 1 aliphatic rings. The zero-order chi connectivity index (χ0) is 12.1. The molecule has 2 atom stereocenters. The molecular weight excluding hydrogens is 212 g/mol. The van der Waals surface area contributed by atoms with E-state index in [0.717, 1.165) is 17.5 Å². The number of ether oxygens (including phenoxy) is 1. The summed E-state index contributed by atoms with van der Waals surface area (Å²) in [6.45, 7) is 4.93. The lowest BCUT2D eigenvalue weighted by atomic mass is 10.1. The van der Waals surface area contributed by atoms with E-state index in [1.165, 1.54) is 25.7 Å². The van der Waals surface area contributed by atoms with E-state index in [9.17, 15) is 0 Å². The maximum Gasteiger partial charge on any atom is 0.237 e. The fraction of sp³-hybridized carbons (Fsp3) is 0.643. The lowest BCUT2D eigenvalue weighted by Gasteiger charge is -2.16. The molecule has 1 fully saturated rings. The lowest BCUT2D eigenvalue weighted by Crippen LogP contribution is -2.16. The maximum atomic E-state index is 5.53. The Balaban J connectivity index is 1.98. The highest BCUT2D eigenvalue weighted by Crippen LogP contribution is 2.32. The van der Waals surface area contributed by atoms with Gasteiger partial charge in [-0.15, -0.1) is 0 Å². The average Bonchev–Trinajstić information content (AvgIpc) is 2.80. The number of nitrogens with zero attached hydrogens (tertiary/aromatic N) is 1. The smallest absolute Gasteiger partial charge is 0.237 e. The van der Waals surface area contributed by atoms with Crippen molar-refractivity contribution in [2.45, 2.75) is 45.6 Å². The summed E-state index contributed by atoms with van der Waals surface area (Å²) in [6.07, 6.45) is 6.96. The van der Waals surface area contributed by atoms with Gasteiger partial charge in [0.1, 0.15) is 0 Å². The van der Waals surface area contributed by atoms with Crippen LogP contribution in [-0.4, -0.2) is 17.6 Å². The first kappa shape index (κ1) is 12.2. The molecule has 0 radical (unpaired) electrons. The van der Waals surface area contributed by atoms with Crippen LogP contribution in [0.15, 0.2) is 18.3 Å². The summed E-state index contributed by atoms with van der Waals surface area (Å²) in [7, 11) is 0. The van der Waals surface area contributed by atoms with Crippen LogP contribution in [0.2, 0.25) is 0 Å². The van der Waals surface area contributed by atoms with Crippen LogP contribution in [0.25, 0.3) is 0 Å². The Morgan fingerprint density at radius 2 is 2.29 bits per heavy atom. The normalized spacial score (nSPS) is 23.6. The van der Waals surface area contributed by atoms with Gasteiger partial charge in [0.15, 0.2) is 0 Å². The highest BCUT2D eigenvalue weighted by atomic mass is 16.5. The van der Waals surface area contributed by atoms with Gasteiger partial charge in [-0.05, 0) is 44.2 Å². The quantitative estimate of drug-likeness (QED) is 0.847. The third-order valence-electron chi connectivity index (χ3n) is 3.53. The van der Waals surface area contributed by atoms with E-state index in [1.807, 2.05) is 13.0 Å². The number of hydrogen-bond donors (Lipinski definition) is 1. The minimum atomic E-state index is 0.586. The highest BCUT2D eigenvalue weighted by molar-refractivity contribution is 5.52. The lowest BCUT2D eigenvalue weighted by molar-refractivity contribution is 0.328. The van der Waals surface area contributed by atoms with Gasteiger partial charge in [-0.2, -0.15) is 0 Å². The summed E-state index contributed by atoms with van der Waals surface area (Å²) in [4.78, 5) is 4.26. The summed E-state index contributed by atoms with van der Waals surface area (Å²) in [5.74, 6) is 1.62. The number of pyridine rings is 1. The minimum Gasteiger partial charge on any atom is -0.476 e. The van der Waals surface area contributed by atoms with Crippen molar-refractivity contribution in [2.75, 3.05) is 11.9 Å². The molecular formula is C14H22N2O. The van der Waals surface area contributed by atoms with E-state index in [2.05, 4.69) is 23.3 Å². The number of aromatic nitrogens is 1. The molecule has 0 aromatic carbocycles. The molecule has 17 heavy (non-hydrogen) atoms. The molecule has 94 valence electrons. The molecule has 2 rings (SSSR count). The van der Waals surface area contributed by atoms with Crippen LogP contribution in [0, 0.1) is 5.92 Å². The molecule has 0 aliphatic heterocycles. The molecule has 3 nitrogen and oxygen atoms in total. The van der Waals surface area contributed by atoms with Gasteiger partial charge >= 0.3 is 0 Å². The second-order valence-corrected chi connectivity index (χ2v) is 4.72. The molecule has 2 unspecified atom stereocenters. The van der Waals surface area contributed by atoms with E-state index in [1.54, 1.807) is 6.20 Å². The van der Waals surface area contributed by atoms with Crippen molar-refractivity contribution < 1.29 is 4.74 Å². The average molecular weight is 234 g/mol. The molecule has 1 saturated carbocycles. The molecule has 1 N–H and O–H groups in total. The fourth-order valence-electron chi connectivity index (χ4n) is 2.55. The Hall–Kier alpha value is -1.25. The summed E-state index contributed by atoms with van der Waals surface area (Å²) in [6, 6.07) is 4.59. The predicted molar refractivity (Wildman–Crippen MR) is 70.4 cm³/mol. The van der Waals surface area contributed by atoms with Crippen LogP contribution in [0.3, 0.4) is 0 Å². The molecule has 1 aromatic rings. The zero-order valence-corrected chi connectivity index (χ0v) is 10.8. The number of nitrogens with one attached hydrogen (secondary N) is 1. The number of anilines is 1. The van der Waals surface area contributed by atoms with E-state index in [-0.39, 0.29) is 0 Å². The van der Waals surface area contributed by atoms with Crippen molar-refractivity contribution in [1.29, 1.82) is 0 Å². The highest BCUT2D eigenvalue weighted by Gasteiger charge is 2.23. The summed E-state index contributed by atoms with van der Waals surface area (Å²) in [5, 5.41) is 3.57. The summed E-state index contributed by atoms with van der Waals surface area (Å²) >= 11 is 0. The SMILES string of the molecule is CCOc1ncccc1NC1CCC(CC)C1. The van der Waals surface area contributed by atoms with E-state index in [4.69, 9.17) is 4.74 Å². The van der Waals surface area contributed by atoms with Crippen molar-refractivity contribution >= 4 is 5.69 Å². The minimum absolute atomic E-state index is 0.586. The number of rotatable bonds is 5. The van der Waals surface area contributed by atoms with E-state index in [0.29, 0.717) is 12.6 Å². The van der Waals surface area contributed by atoms with Crippen LogP contribution in [0.1, 0.15) is 39.5 Å². The molecule has 1 aliphatic carbocycles. The molecule has 0 saturated heterocycles. The standard InChI is InChI=1S/C14H22N2O/c1-3-11-7-8-12(10-11)16-13-6-5-9-15-14(13)17-4-2/h5-6,9,11-12,16H,3-4,7-8,10H2,1-2H3. The molecule has 1 aromatic heterocycles. The van der Waals surface area contributed by atoms with Gasteiger partial charge in [0.2, 0.25) is 5.88 Å². The Kier molecular flexibility index (Phi) is 4.24. The Bertz CT molecular complexity index is 354. The molecule has 1 heterocycles. The Labute approximate surface area is 104 Å². The Morgan fingerprint density at radius 1 is 1.41 bits per heavy atom. The van der Waals surface area contributed by atoms with Crippen molar-refractivity contribution in [1.82, 2.24) is 4.98 Å². The third-order valence-corrected chi connectivity index (χ3v) is 3.53. The van der Waals surface area contributed by atoms with Crippen LogP contribution in [0.5, 0.6) is 5.88 Å².